The van der Waals surface area contributed by atoms with Crippen LogP contribution in [0.15, 0.2) is 53.5 Å². The van der Waals surface area contributed by atoms with Crippen LogP contribution in [0.1, 0.15) is 116 Å². The summed E-state index contributed by atoms with van der Waals surface area (Å²) in [7, 11) is 0. The number of likely N-dealkylation sites (tertiary alicyclic amines) is 1. The molecule has 1 aliphatic heterocycles. The normalized spacial score (nSPS) is 25.4. The van der Waals surface area contributed by atoms with Crippen LogP contribution in [0, 0.1) is 17.8 Å². The molecule has 10 nitrogen and oxygen atoms in total. The van der Waals surface area contributed by atoms with Crippen molar-refractivity contribution in [1.82, 2.24) is 20.9 Å². The molecule has 1 heterocycles. The molecule has 54 heavy (non-hydrogen) atoms. The summed E-state index contributed by atoms with van der Waals surface area (Å²) in [5.74, 6) is 1.12. The molecule has 2 bridgehead atoms. The van der Waals surface area contributed by atoms with Gasteiger partial charge in [0.15, 0.2) is 0 Å². The number of amidine groups is 1. The fourth-order valence-corrected chi connectivity index (χ4v) is 9.10. The first kappa shape index (κ1) is 41.2. The number of nitrogens with two attached hydrogens (primary N) is 1. The van der Waals surface area contributed by atoms with Gasteiger partial charge in [-0.3, -0.25) is 24.3 Å². The van der Waals surface area contributed by atoms with E-state index in [0.717, 1.165) is 95.2 Å². The van der Waals surface area contributed by atoms with Gasteiger partial charge in [0.05, 0.1) is 17.8 Å². The smallest absolute Gasteiger partial charge is 0.242 e. The number of fused-ring (bicyclic) bond motifs is 4. The van der Waals surface area contributed by atoms with Gasteiger partial charge in [-0.2, -0.15) is 0 Å². The van der Waals surface area contributed by atoms with Gasteiger partial charge in [0.25, 0.3) is 0 Å². The number of nitrogens with one attached hydrogen (secondary N) is 3. The van der Waals surface area contributed by atoms with Crippen LogP contribution in [-0.2, 0) is 31.6 Å². The van der Waals surface area contributed by atoms with Crippen LogP contribution in [0.5, 0.6) is 5.75 Å². The second-order valence-electron chi connectivity index (χ2n) is 16.9. The first-order valence-corrected chi connectivity index (χ1v) is 20.6. The minimum Gasteiger partial charge on any atom is -0.508 e. The fourth-order valence-electron chi connectivity index (χ4n) is 9.10. The molecule has 2 fully saturated rings. The molecule has 2 aromatic rings. The Morgan fingerprint density at radius 3 is 2.54 bits per heavy atom. The summed E-state index contributed by atoms with van der Waals surface area (Å²) in [6, 6.07) is 15.5. The lowest BCUT2D eigenvalue weighted by Gasteiger charge is -2.55. The average Bonchev–Trinajstić information content (AvgIpc) is 3.88. The van der Waals surface area contributed by atoms with Gasteiger partial charge >= 0.3 is 0 Å². The van der Waals surface area contributed by atoms with Crippen molar-refractivity contribution >= 4 is 23.6 Å². The number of phenols is 1. The SMILES string of the molecule is CCCCC(N)=NCCCCCCNC(=O)[C@H](CC(C)C)NC(=O)CNC(=O)[C@]1(c2ccccc2)C[C@@H]1CN1CC[C@@]2(C)c3cc(O)ccc3CC1[C@@H]2C. The van der Waals surface area contributed by atoms with Crippen molar-refractivity contribution in [3.63, 3.8) is 0 Å². The molecule has 2 aromatic carbocycles. The van der Waals surface area contributed by atoms with E-state index >= 15 is 0 Å². The Balaban J connectivity index is 1.13. The molecule has 0 aromatic heterocycles. The number of piperidine rings is 1. The second-order valence-corrected chi connectivity index (χ2v) is 16.9. The Labute approximate surface area is 323 Å². The van der Waals surface area contributed by atoms with E-state index in [1.807, 2.05) is 50.2 Å². The molecule has 6 N–H and O–H groups in total. The number of rotatable bonds is 20. The standard InChI is InChI=1S/C44H66N6O4/c1-6-7-17-39(45)46-21-13-8-9-14-22-47-41(53)37(24-30(2)3)49-40(52)28-48-42(54)44(33-15-11-10-12-16-33)27-34(44)29-50-23-20-43(5)31(4)38(50)25-32-18-19-35(51)26-36(32)43/h10-12,15-16,18-19,26,30-31,34,37-38,51H,6-9,13-14,17,20-25,27-29H2,1-5H3,(H2,45,46)(H,47,53)(H,48,54)(H,49,52)/t31-,34+,37-,38?,43+,44-/m0/s1. The van der Waals surface area contributed by atoms with Gasteiger partial charge in [0, 0.05) is 32.1 Å². The molecule has 5 rings (SSSR count). The Bertz CT molecular complexity index is 1610. The minimum absolute atomic E-state index is 0.00131. The number of aliphatic imine (C=N–C) groups is 1. The van der Waals surface area contributed by atoms with Crippen molar-refractivity contribution in [1.29, 1.82) is 0 Å². The number of nitrogens with zero attached hydrogens (tertiary/aromatic N) is 2. The molecule has 1 unspecified atom stereocenters. The molecule has 3 aliphatic rings. The van der Waals surface area contributed by atoms with Crippen molar-refractivity contribution in [2.24, 2.45) is 28.5 Å². The summed E-state index contributed by atoms with van der Waals surface area (Å²) < 4.78 is 0. The number of unbranched alkanes of at least 4 members (excludes halogenated alkanes) is 4. The molecule has 2 aliphatic carbocycles. The lowest BCUT2D eigenvalue weighted by molar-refractivity contribution is -0.130. The fraction of sp³-hybridized carbons (Fsp3) is 0.636. The predicted molar refractivity (Wildman–Crippen MR) is 216 cm³/mol. The summed E-state index contributed by atoms with van der Waals surface area (Å²) >= 11 is 0. The molecule has 1 saturated carbocycles. The monoisotopic (exact) mass is 743 g/mol. The van der Waals surface area contributed by atoms with E-state index < -0.39 is 11.5 Å². The van der Waals surface area contributed by atoms with Gasteiger partial charge in [-0.15, -0.1) is 0 Å². The molecule has 0 spiro atoms. The summed E-state index contributed by atoms with van der Waals surface area (Å²) in [6.45, 7) is 13.7. The van der Waals surface area contributed by atoms with Crippen molar-refractivity contribution in [2.45, 2.75) is 128 Å². The Morgan fingerprint density at radius 2 is 1.80 bits per heavy atom. The van der Waals surface area contributed by atoms with Crippen LogP contribution in [-0.4, -0.2) is 78.4 Å². The van der Waals surface area contributed by atoms with Gasteiger partial charge in [0.2, 0.25) is 17.7 Å². The Kier molecular flexibility index (Phi) is 14.2. The van der Waals surface area contributed by atoms with Crippen LogP contribution < -0.4 is 21.7 Å². The zero-order valence-electron chi connectivity index (χ0n) is 33.5. The summed E-state index contributed by atoms with van der Waals surface area (Å²) in [4.78, 5) is 47.6. The van der Waals surface area contributed by atoms with E-state index in [0.29, 0.717) is 30.7 Å². The number of benzene rings is 2. The molecule has 10 heteroatoms. The summed E-state index contributed by atoms with van der Waals surface area (Å²) in [6.07, 6.45) is 10.0. The number of hydrogen-bond donors (Lipinski definition) is 5. The van der Waals surface area contributed by atoms with Gasteiger partial charge in [-0.05, 0) is 103 Å². The van der Waals surface area contributed by atoms with Crippen molar-refractivity contribution in [3.8, 4) is 5.75 Å². The third kappa shape index (κ3) is 9.84. The zero-order chi connectivity index (χ0) is 38.9. The highest BCUT2D eigenvalue weighted by molar-refractivity contribution is 5.95. The molecule has 0 radical (unpaired) electrons. The maximum atomic E-state index is 14.1. The third-order valence-electron chi connectivity index (χ3n) is 12.6. The van der Waals surface area contributed by atoms with Gasteiger partial charge in [-0.25, -0.2) is 0 Å². The predicted octanol–water partition coefficient (Wildman–Crippen LogP) is 5.75. The molecule has 296 valence electrons. The number of carbonyl (C=O) groups excluding carboxylic acids is 3. The van der Waals surface area contributed by atoms with E-state index in [9.17, 15) is 19.5 Å². The lowest BCUT2D eigenvalue weighted by atomic mass is 9.59. The summed E-state index contributed by atoms with van der Waals surface area (Å²) in [5, 5.41) is 19.2. The average molecular weight is 743 g/mol. The van der Waals surface area contributed by atoms with Crippen molar-refractivity contribution in [3.05, 3.63) is 65.2 Å². The summed E-state index contributed by atoms with van der Waals surface area (Å²) in [5.41, 5.74) is 8.81. The first-order chi connectivity index (χ1) is 25.9. The highest BCUT2D eigenvalue weighted by atomic mass is 16.3. The minimum atomic E-state index is -0.702. The van der Waals surface area contributed by atoms with Crippen LogP contribution >= 0.6 is 0 Å². The van der Waals surface area contributed by atoms with Gasteiger partial charge in [-0.1, -0.05) is 90.3 Å². The van der Waals surface area contributed by atoms with E-state index in [1.54, 1.807) is 6.07 Å². The van der Waals surface area contributed by atoms with E-state index in [-0.39, 0.29) is 41.5 Å². The van der Waals surface area contributed by atoms with Crippen LogP contribution in [0.2, 0.25) is 0 Å². The zero-order valence-corrected chi connectivity index (χ0v) is 33.5. The first-order valence-electron chi connectivity index (χ1n) is 20.6. The Morgan fingerprint density at radius 1 is 1.04 bits per heavy atom. The number of carbonyl (C=O) groups is 3. The largest absolute Gasteiger partial charge is 0.508 e. The van der Waals surface area contributed by atoms with E-state index in [2.05, 4.69) is 52.7 Å². The third-order valence-corrected chi connectivity index (χ3v) is 12.6. The molecular formula is C44H66N6O4. The van der Waals surface area contributed by atoms with Gasteiger partial charge in [0.1, 0.15) is 11.8 Å². The van der Waals surface area contributed by atoms with Gasteiger partial charge < -0.3 is 26.8 Å². The molecular weight excluding hydrogens is 677 g/mol. The van der Waals surface area contributed by atoms with Crippen molar-refractivity contribution in [2.75, 3.05) is 32.7 Å². The van der Waals surface area contributed by atoms with E-state index in [4.69, 9.17) is 5.73 Å². The molecule has 3 amide bonds. The quantitative estimate of drug-likeness (QED) is 0.0664. The molecule has 1 saturated heterocycles. The maximum absolute atomic E-state index is 14.1. The highest BCUT2D eigenvalue weighted by Gasteiger charge is 2.62. The number of aromatic hydroxyl groups is 1. The number of amides is 3. The maximum Gasteiger partial charge on any atom is 0.242 e. The van der Waals surface area contributed by atoms with Crippen LogP contribution in [0.25, 0.3) is 0 Å². The Hall–Kier alpha value is -3.92. The highest BCUT2D eigenvalue weighted by Crippen LogP contribution is 2.56. The van der Waals surface area contributed by atoms with Crippen LogP contribution in [0.3, 0.4) is 0 Å². The van der Waals surface area contributed by atoms with Crippen LogP contribution in [0.4, 0.5) is 0 Å². The molecule has 6 atom stereocenters. The number of hydrogen-bond acceptors (Lipinski definition) is 6. The van der Waals surface area contributed by atoms with Crippen molar-refractivity contribution < 1.29 is 19.5 Å². The second kappa shape index (κ2) is 18.6. The van der Waals surface area contributed by atoms with E-state index in [1.165, 1.54) is 11.1 Å². The lowest BCUT2D eigenvalue weighted by Crippen LogP contribution is -2.58. The topological polar surface area (TPSA) is 149 Å². The number of phenolic OH excluding ortho intramolecular Hbond substituents is 1.